The second-order valence-electron chi connectivity index (χ2n) is 6.55. The van der Waals surface area contributed by atoms with E-state index in [4.69, 9.17) is 17.3 Å². The molecular weight excluding hydrogens is 399 g/mol. The molecule has 8 heteroatoms. The third-order valence-corrected chi connectivity index (χ3v) is 4.90. The van der Waals surface area contributed by atoms with E-state index < -0.39 is 5.91 Å². The lowest BCUT2D eigenvalue weighted by Gasteiger charge is -2.36. The van der Waals surface area contributed by atoms with Crippen LogP contribution in [0.25, 0.3) is 0 Å². The van der Waals surface area contributed by atoms with Gasteiger partial charge in [0, 0.05) is 54.9 Å². The summed E-state index contributed by atoms with van der Waals surface area (Å²) in [6.45, 7) is 3.26. The number of primary amides is 1. The van der Waals surface area contributed by atoms with E-state index in [1.165, 1.54) is 0 Å². The molecule has 6 nitrogen and oxygen atoms in total. The average Bonchev–Trinajstić information content (AvgIpc) is 2.67. The van der Waals surface area contributed by atoms with Crippen LogP contribution in [-0.2, 0) is 4.79 Å². The lowest BCUT2D eigenvalue weighted by atomic mass is 10.0. The minimum atomic E-state index is -0.487. The van der Waals surface area contributed by atoms with Gasteiger partial charge in [-0.1, -0.05) is 23.7 Å². The van der Waals surface area contributed by atoms with Crippen LogP contribution in [0.2, 0.25) is 5.02 Å². The van der Waals surface area contributed by atoms with Gasteiger partial charge in [0.1, 0.15) is 0 Å². The molecule has 0 radical (unpaired) electrons. The zero-order valence-electron chi connectivity index (χ0n) is 15.4. The molecule has 1 unspecified atom stereocenters. The molecule has 1 heterocycles. The van der Waals surface area contributed by atoms with Crippen LogP contribution < -0.4 is 16.4 Å². The van der Waals surface area contributed by atoms with Gasteiger partial charge in [-0.15, -0.1) is 12.4 Å². The average molecular weight is 423 g/mol. The molecule has 0 saturated carbocycles. The highest BCUT2D eigenvalue weighted by Gasteiger charge is 2.24. The van der Waals surface area contributed by atoms with E-state index in [9.17, 15) is 9.59 Å². The summed E-state index contributed by atoms with van der Waals surface area (Å²) in [6, 6.07) is 14.6. The summed E-state index contributed by atoms with van der Waals surface area (Å²) >= 11 is 6.13. The Morgan fingerprint density at radius 1 is 1.21 bits per heavy atom. The van der Waals surface area contributed by atoms with E-state index in [2.05, 4.69) is 21.6 Å². The summed E-state index contributed by atoms with van der Waals surface area (Å²) < 4.78 is 0. The molecule has 2 amide bonds. The fourth-order valence-electron chi connectivity index (χ4n) is 3.24. The Bertz CT molecular complexity index is 814. The van der Waals surface area contributed by atoms with Crippen LogP contribution >= 0.6 is 24.0 Å². The zero-order chi connectivity index (χ0) is 19.2. The van der Waals surface area contributed by atoms with Crippen molar-refractivity contribution in [3.8, 4) is 0 Å². The van der Waals surface area contributed by atoms with E-state index in [-0.39, 0.29) is 24.4 Å². The van der Waals surface area contributed by atoms with Crippen molar-refractivity contribution in [3.63, 3.8) is 0 Å². The molecule has 1 saturated heterocycles. The molecule has 2 aromatic carbocycles. The molecule has 1 atom stereocenters. The van der Waals surface area contributed by atoms with Crippen LogP contribution in [0.3, 0.4) is 0 Å². The number of amides is 2. The highest BCUT2D eigenvalue weighted by molar-refractivity contribution is 6.30. The first-order chi connectivity index (χ1) is 13.0. The maximum absolute atomic E-state index is 12.3. The third kappa shape index (κ3) is 5.94. The number of hydrogen-bond donors (Lipinski definition) is 3. The number of nitrogens with two attached hydrogens (primary N) is 1. The van der Waals surface area contributed by atoms with Gasteiger partial charge in [-0.05, 0) is 42.0 Å². The van der Waals surface area contributed by atoms with E-state index >= 15 is 0 Å². The Hall–Kier alpha value is -2.12. The van der Waals surface area contributed by atoms with E-state index in [0.717, 1.165) is 30.2 Å². The first-order valence-corrected chi connectivity index (χ1v) is 9.30. The van der Waals surface area contributed by atoms with Gasteiger partial charge in [0.2, 0.25) is 11.8 Å². The van der Waals surface area contributed by atoms with E-state index in [1.807, 2.05) is 18.2 Å². The first-order valence-electron chi connectivity index (χ1n) is 8.93. The molecule has 0 aliphatic carbocycles. The summed E-state index contributed by atoms with van der Waals surface area (Å²) in [5.74, 6) is -0.552. The van der Waals surface area contributed by atoms with E-state index in [1.54, 1.807) is 24.3 Å². The number of benzene rings is 2. The van der Waals surface area contributed by atoms with Crippen LogP contribution in [0.5, 0.6) is 0 Å². The monoisotopic (exact) mass is 422 g/mol. The number of carbonyl (C=O) groups excluding carboxylic acids is 2. The highest BCUT2D eigenvalue weighted by Crippen LogP contribution is 2.24. The predicted molar refractivity (Wildman–Crippen MR) is 114 cm³/mol. The fourth-order valence-corrected chi connectivity index (χ4v) is 3.44. The van der Waals surface area contributed by atoms with Gasteiger partial charge < -0.3 is 16.4 Å². The van der Waals surface area contributed by atoms with Crippen molar-refractivity contribution >= 4 is 41.5 Å². The molecule has 0 spiro atoms. The molecule has 0 aromatic heterocycles. The summed E-state index contributed by atoms with van der Waals surface area (Å²) in [5.41, 5.74) is 7.44. The number of nitrogens with zero attached hydrogens (tertiary/aromatic N) is 1. The number of carbonyl (C=O) groups is 2. The summed E-state index contributed by atoms with van der Waals surface area (Å²) in [7, 11) is 0. The van der Waals surface area contributed by atoms with E-state index in [0.29, 0.717) is 24.2 Å². The number of anilines is 1. The largest absolute Gasteiger partial charge is 0.366 e. The van der Waals surface area contributed by atoms with Crippen molar-refractivity contribution in [2.45, 2.75) is 12.5 Å². The topological polar surface area (TPSA) is 87.5 Å². The molecule has 0 bridgehead atoms. The lowest BCUT2D eigenvalue weighted by molar-refractivity contribution is -0.116. The molecule has 1 fully saturated rings. The number of hydrogen-bond acceptors (Lipinski definition) is 4. The summed E-state index contributed by atoms with van der Waals surface area (Å²) in [5, 5.41) is 6.98. The van der Waals surface area contributed by atoms with Gasteiger partial charge in [-0.25, -0.2) is 0 Å². The van der Waals surface area contributed by atoms with Gasteiger partial charge in [0.25, 0.3) is 0 Å². The summed E-state index contributed by atoms with van der Waals surface area (Å²) in [6.07, 6.45) is 0.384. The Kier molecular flexibility index (Phi) is 8.26. The standard InChI is InChI=1S/C20H23ClN4O2.ClH/c21-16-3-1-2-15(12-16)18-13-23-9-11-25(18)10-8-19(26)24-17-6-4-14(5-7-17)20(22)27;/h1-7,12,18,23H,8-11,13H2,(H2,22,27)(H,24,26);1H. The molecule has 28 heavy (non-hydrogen) atoms. The quantitative estimate of drug-likeness (QED) is 0.667. The smallest absolute Gasteiger partial charge is 0.248 e. The van der Waals surface area contributed by atoms with Crippen LogP contribution in [0.4, 0.5) is 5.69 Å². The fraction of sp³-hybridized carbons (Fsp3) is 0.300. The molecule has 150 valence electrons. The molecule has 4 N–H and O–H groups in total. The van der Waals surface area contributed by atoms with Crippen LogP contribution in [0, 0.1) is 0 Å². The molecule has 3 rings (SSSR count). The van der Waals surface area contributed by atoms with Crippen molar-refractivity contribution < 1.29 is 9.59 Å². The first kappa shape index (κ1) is 22.2. The van der Waals surface area contributed by atoms with Gasteiger partial charge in [-0.2, -0.15) is 0 Å². The van der Waals surface area contributed by atoms with Gasteiger partial charge in [-0.3, -0.25) is 14.5 Å². The third-order valence-electron chi connectivity index (χ3n) is 4.67. The van der Waals surface area contributed by atoms with Crippen LogP contribution in [0.15, 0.2) is 48.5 Å². The minimum Gasteiger partial charge on any atom is -0.366 e. The normalized spacial score (nSPS) is 16.8. The molecule has 2 aromatic rings. The zero-order valence-corrected chi connectivity index (χ0v) is 16.9. The highest BCUT2D eigenvalue weighted by atomic mass is 35.5. The number of halogens is 2. The minimum absolute atomic E-state index is 0. The van der Waals surface area contributed by atoms with Crippen LogP contribution in [0.1, 0.15) is 28.4 Å². The maximum Gasteiger partial charge on any atom is 0.248 e. The van der Waals surface area contributed by atoms with Gasteiger partial charge in [0.05, 0.1) is 0 Å². The SMILES string of the molecule is Cl.NC(=O)c1ccc(NC(=O)CCN2CCNCC2c2cccc(Cl)c2)cc1. The molecule has 1 aliphatic rings. The number of nitrogens with one attached hydrogen (secondary N) is 2. The molecular formula is C20H24Cl2N4O2. The Balaban J connectivity index is 0.00000280. The van der Waals surface area contributed by atoms with Crippen molar-refractivity contribution in [3.05, 3.63) is 64.7 Å². The Morgan fingerprint density at radius 3 is 2.64 bits per heavy atom. The van der Waals surface area contributed by atoms with Crippen molar-refractivity contribution in [2.24, 2.45) is 5.73 Å². The van der Waals surface area contributed by atoms with Crippen LogP contribution in [-0.4, -0.2) is 42.9 Å². The van der Waals surface area contributed by atoms with Crippen molar-refractivity contribution in [1.82, 2.24) is 10.2 Å². The summed E-state index contributed by atoms with van der Waals surface area (Å²) in [4.78, 5) is 25.7. The number of rotatable bonds is 6. The predicted octanol–water partition coefficient (Wildman–Crippen LogP) is 2.84. The lowest BCUT2D eigenvalue weighted by Crippen LogP contribution is -2.46. The second-order valence-corrected chi connectivity index (χ2v) is 6.99. The number of piperazine rings is 1. The Labute approximate surface area is 175 Å². The second kappa shape index (κ2) is 10.4. The molecule has 1 aliphatic heterocycles. The van der Waals surface area contributed by atoms with Gasteiger partial charge >= 0.3 is 0 Å². The van der Waals surface area contributed by atoms with Crippen molar-refractivity contribution in [1.29, 1.82) is 0 Å². The van der Waals surface area contributed by atoms with Crippen molar-refractivity contribution in [2.75, 3.05) is 31.5 Å². The Morgan fingerprint density at radius 2 is 1.96 bits per heavy atom. The van der Waals surface area contributed by atoms with Gasteiger partial charge in [0.15, 0.2) is 0 Å². The maximum atomic E-state index is 12.3.